The summed E-state index contributed by atoms with van der Waals surface area (Å²) < 4.78 is 5.27. The predicted molar refractivity (Wildman–Crippen MR) is 69.0 cm³/mol. The zero-order valence-corrected chi connectivity index (χ0v) is 9.34. The molecule has 2 aromatic carbocycles. The number of fused-ring (bicyclic) bond motifs is 2. The van der Waals surface area contributed by atoms with Crippen molar-refractivity contribution in [1.29, 1.82) is 0 Å². The number of hydrogen-bond donors (Lipinski definition) is 0. The zero-order chi connectivity index (χ0) is 11.8. The molecule has 0 aliphatic heterocycles. The maximum atomic E-state index is 5.91. The number of hydrogen-bond acceptors (Lipinski definition) is 3. The molecular formula is C13H9BN2O. The maximum absolute atomic E-state index is 5.91. The molecule has 80 valence electrons. The Hall–Kier alpha value is -2.10. The summed E-state index contributed by atoms with van der Waals surface area (Å²) in [5.41, 5.74) is 3.66. The second kappa shape index (κ2) is 3.73. The quantitative estimate of drug-likeness (QED) is 0.461. The molecule has 1 aromatic heterocycles. The lowest BCUT2D eigenvalue weighted by atomic mass is 9.94. The van der Waals surface area contributed by atoms with Gasteiger partial charge in [-0.3, -0.25) is 0 Å². The molecule has 17 heavy (non-hydrogen) atoms. The first-order chi connectivity index (χ1) is 8.29. The molecule has 0 bridgehead atoms. The van der Waals surface area contributed by atoms with Crippen molar-refractivity contribution in [2.75, 3.05) is 7.11 Å². The zero-order valence-electron chi connectivity index (χ0n) is 9.34. The summed E-state index contributed by atoms with van der Waals surface area (Å²) >= 11 is 0. The molecule has 0 atom stereocenters. The van der Waals surface area contributed by atoms with Crippen LogP contribution < -0.4 is 10.2 Å². The van der Waals surface area contributed by atoms with Crippen molar-refractivity contribution in [3.63, 3.8) is 0 Å². The van der Waals surface area contributed by atoms with Gasteiger partial charge < -0.3 is 4.74 Å². The molecular weight excluding hydrogens is 211 g/mol. The highest BCUT2D eigenvalue weighted by Gasteiger charge is 2.08. The van der Waals surface area contributed by atoms with Crippen LogP contribution in [-0.4, -0.2) is 24.9 Å². The highest BCUT2D eigenvalue weighted by molar-refractivity contribution is 6.38. The Morgan fingerprint density at radius 3 is 2.24 bits per heavy atom. The summed E-state index contributed by atoms with van der Waals surface area (Å²) in [4.78, 5) is 9.06. The Bertz CT molecular complexity index is 712. The molecule has 0 N–H and O–H groups in total. The van der Waals surface area contributed by atoms with E-state index in [1.165, 1.54) is 0 Å². The van der Waals surface area contributed by atoms with Crippen molar-refractivity contribution in [3.05, 3.63) is 36.4 Å². The third kappa shape index (κ3) is 1.53. The molecule has 3 nitrogen and oxygen atoms in total. The topological polar surface area (TPSA) is 35.0 Å². The molecule has 3 rings (SSSR count). The molecule has 0 spiro atoms. The Labute approximate surface area is 99.9 Å². The highest BCUT2D eigenvalue weighted by Crippen LogP contribution is 2.22. The van der Waals surface area contributed by atoms with Gasteiger partial charge in [0, 0.05) is 0 Å². The van der Waals surface area contributed by atoms with E-state index in [2.05, 4.69) is 9.97 Å². The largest absolute Gasteiger partial charge is 0.494 e. The lowest BCUT2D eigenvalue weighted by Crippen LogP contribution is -2.07. The minimum Gasteiger partial charge on any atom is -0.494 e. The molecule has 0 aliphatic carbocycles. The molecule has 4 heteroatoms. The van der Waals surface area contributed by atoms with E-state index in [9.17, 15) is 0 Å². The Morgan fingerprint density at radius 2 is 1.59 bits per heavy atom. The van der Waals surface area contributed by atoms with Crippen LogP contribution in [0.15, 0.2) is 36.4 Å². The number of benzene rings is 2. The smallest absolute Gasteiger partial charge is 0.146 e. The first kappa shape index (κ1) is 10.1. The highest BCUT2D eigenvalue weighted by atomic mass is 16.5. The average Bonchev–Trinajstić information content (AvgIpc) is 2.38. The summed E-state index contributed by atoms with van der Waals surface area (Å²) in [6.07, 6.45) is 0. The summed E-state index contributed by atoms with van der Waals surface area (Å²) in [5, 5.41) is 0. The maximum Gasteiger partial charge on any atom is 0.146 e. The number of ether oxygens (including phenoxy) is 1. The number of para-hydroxylation sites is 2. The third-order valence-electron chi connectivity index (χ3n) is 2.71. The van der Waals surface area contributed by atoms with E-state index in [4.69, 9.17) is 12.6 Å². The van der Waals surface area contributed by atoms with Crippen LogP contribution in [0.1, 0.15) is 0 Å². The molecule has 2 radical (unpaired) electrons. The van der Waals surface area contributed by atoms with Crippen molar-refractivity contribution in [3.8, 4) is 5.75 Å². The Morgan fingerprint density at radius 1 is 0.941 bits per heavy atom. The average molecular weight is 220 g/mol. The van der Waals surface area contributed by atoms with Crippen LogP contribution in [0, 0.1) is 0 Å². The van der Waals surface area contributed by atoms with Gasteiger partial charge in [-0.1, -0.05) is 23.7 Å². The van der Waals surface area contributed by atoms with E-state index < -0.39 is 0 Å². The van der Waals surface area contributed by atoms with E-state index in [1.807, 2.05) is 24.3 Å². The van der Waals surface area contributed by atoms with Gasteiger partial charge in [0.05, 0.1) is 23.7 Å². The Kier molecular flexibility index (Phi) is 2.21. The summed E-state index contributed by atoms with van der Waals surface area (Å²) in [7, 11) is 7.53. The van der Waals surface area contributed by atoms with E-state index in [0.29, 0.717) is 22.2 Å². The van der Waals surface area contributed by atoms with E-state index in [0.717, 1.165) is 11.0 Å². The van der Waals surface area contributed by atoms with Gasteiger partial charge >= 0.3 is 0 Å². The molecule has 1 heterocycles. The fourth-order valence-corrected chi connectivity index (χ4v) is 1.86. The lowest BCUT2D eigenvalue weighted by molar-refractivity contribution is 0.419. The van der Waals surface area contributed by atoms with Gasteiger partial charge in [-0.25, -0.2) is 9.97 Å². The number of rotatable bonds is 1. The molecule has 0 fully saturated rings. The first-order valence-corrected chi connectivity index (χ1v) is 5.28. The molecule has 0 saturated heterocycles. The van der Waals surface area contributed by atoms with Crippen molar-refractivity contribution in [2.24, 2.45) is 0 Å². The normalized spacial score (nSPS) is 10.9. The van der Waals surface area contributed by atoms with Crippen LogP contribution in [0.5, 0.6) is 5.75 Å². The van der Waals surface area contributed by atoms with Crippen molar-refractivity contribution in [2.45, 2.75) is 0 Å². The van der Waals surface area contributed by atoms with Crippen LogP contribution in [0.3, 0.4) is 0 Å². The van der Waals surface area contributed by atoms with Gasteiger partial charge in [0.25, 0.3) is 0 Å². The van der Waals surface area contributed by atoms with Crippen molar-refractivity contribution in [1.82, 2.24) is 9.97 Å². The number of nitrogens with zero attached hydrogens (tertiary/aromatic N) is 2. The second-order valence-corrected chi connectivity index (χ2v) is 3.77. The van der Waals surface area contributed by atoms with Gasteiger partial charge in [0.2, 0.25) is 0 Å². The van der Waals surface area contributed by atoms with Gasteiger partial charge in [-0.05, 0) is 18.2 Å². The van der Waals surface area contributed by atoms with E-state index in [-0.39, 0.29) is 0 Å². The van der Waals surface area contributed by atoms with Crippen LogP contribution in [0.2, 0.25) is 0 Å². The predicted octanol–water partition coefficient (Wildman–Crippen LogP) is 1.59. The van der Waals surface area contributed by atoms with Crippen LogP contribution >= 0.6 is 0 Å². The molecule has 0 unspecified atom stereocenters. The Balaban J connectivity index is 2.50. The van der Waals surface area contributed by atoms with E-state index >= 15 is 0 Å². The van der Waals surface area contributed by atoms with Gasteiger partial charge in [-0.15, -0.1) is 0 Å². The van der Waals surface area contributed by atoms with Gasteiger partial charge in [0.1, 0.15) is 19.1 Å². The fourth-order valence-electron chi connectivity index (χ4n) is 1.86. The lowest BCUT2D eigenvalue weighted by Gasteiger charge is -2.07. The van der Waals surface area contributed by atoms with Crippen molar-refractivity contribution >= 4 is 35.4 Å². The number of methoxy groups -OCH3 is 1. The van der Waals surface area contributed by atoms with E-state index in [1.54, 1.807) is 19.2 Å². The standard InChI is InChI=1S/C13H9BN2O/c1-17-11-7-6-8(14)12-13(11)16-10-5-3-2-4-9(10)15-12/h2-7H,1H3. The third-order valence-corrected chi connectivity index (χ3v) is 2.71. The molecule has 0 aliphatic rings. The summed E-state index contributed by atoms with van der Waals surface area (Å²) in [6, 6.07) is 11.3. The molecule has 0 amide bonds. The fraction of sp³-hybridized carbons (Fsp3) is 0.0769. The molecule has 3 aromatic rings. The van der Waals surface area contributed by atoms with Gasteiger partial charge in [0.15, 0.2) is 0 Å². The second-order valence-electron chi connectivity index (χ2n) is 3.77. The molecule has 0 saturated carbocycles. The number of aromatic nitrogens is 2. The minimum absolute atomic E-state index is 0.610. The first-order valence-electron chi connectivity index (χ1n) is 5.28. The SMILES string of the molecule is [B]c1ccc(OC)c2nc3ccccc3nc12. The van der Waals surface area contributed by atoms with Crippen LogP contribution in [0.25, 0.3) is 22.1 Å². The summed E-state index contributed by atoms with van der Waals surface area (Å²) in [5.74, 6) is 0.687. The van der Waals surface area contributed by atoms with Crippen LogP contribution in [-0.2, 0) is 0 Å². The summed E-state index contributed by atoms with van der Waals surface area (Å²) in [6.45, 7) is 0. The van der Waals surface area contributed by atoms with Gasteiger partial charge in [-0.2, -0.15) is 0 Å². The van der Waals surface area contributed by atoms with Crippen LogP contribution in [0.4, 0.5) is 0 Å². The monoisotopic (exact) mass is 220 g/mol. The minimum atomic E-state index is 0.610. The van der Waals surface area contributed by atoms with Crippen molar-refractivity contribution < 1.29 is 4.74 Å².